The lowest BCUT2D eigenvalue weighted by atomic mass is 9.90. The summed E-state index contributed by atoms with van der Waals surface area (Å²) in [7, 11) is -6.94. The largest absolute Gasteiger partial charge is 0.378 e. The summed E-state index contributed by atoms with van der Waals surface area (Å²) in [4.78, 5) is 0. The molecule has 0 heterocycles. The predicted octanol–water partition coefficient (Wildman–Crippen LogP) is 1.41. The summed E-state index contributed by atoms with van der Waals surface area (Å²) in [6.07, 6.45) is 2.74. The molecule has 0 aliphatic rings. The van der Waals surface area contributed by atoms with E-state index in [0.717, 1.165) is 12.5 Å². The molecule has 8 nitrogen and oxygen atoms in total. The van der Waals surface area contributed by atoms with E-state index in [9.17, 15) is 16.8 Å². The van der Waals surface area contributed by atoms with Crippen molar-refractivity contribution in [1.29, 1.82) is 0 Å². The molecule has 1 atom stereocenters. The predicted molar refractivity (Wildman–Crippen MR) is 95.4 cm³/mol. The molecule has 0 aromatic heterocycles. The van der Waals surface area contributed by atoms with Gasteiger partial charge in [0.1, 0.15) is 0 Å². The lowest BCUT2D eigenvalue weighted by Crippen LogP contribution is -2.31. The van der Waals surface area contributed by atoms with Crippen LogP contribution >= 0.6 is 0 Å². The lowest BCUT2D eigenvalue weighted by Gasteiger charge is -2.27. The first kappa shape index (κ1) is 24.7. The minimum Gasteiger partial charge on any atom is -0.378 e. The van der Waals surface area contributed by atoms with Gasteiger partial charge in [-0.1, -0.05) is 27.7 Å². The summed E-state index contributed by atoms with van der Waals surface area (Å²) >= 11 is 0. The monoisotopic (exact) mass is 404 g/mol. The smallest absolute Gasteiger partial charge is 0.264 e. The van der Waals surface area contributed by atoms with Gasteiger partial charge in [0.15, 0.2) is 0 Å². The van der Waals surface area contributed by atoms with E-state index in [-0.39, 0.29) is 13.2 Å². The molecular weight excluding hydrogens is 372 g/mol. The Balaban J connectivity index is 4.03. The number of hydrogen-bond acceptors (Lipinski definition) is 8. The van der Waals surface area contributed by atoms with Gasteiger partial charge in [0.25, 0.3) is 20.2 Å². The van der Waals surface area contributed by atoms with Gasteiger partial charge >= 0.3 is 0 Å². The van der Waals surface area contributed by atoms with Crippen LogP contribution in [-0.4, -0.2) is 69.0 Å². The second-order valence-electron chi connectivity index (χ2n) is 7.37. The Morgan fingerprint density at radius 1 is 0.720 bits per heavy atom. The van der Waals surface area contributed by atoms with E-state index >= 15 is 0 Å². The molecule has 0 bridgehead atoms. The highest BCUT2D eigenvalue weighted by Gasteiger charge is 2.25. The lowest BCUT2D eigenvalue weighted by molar-refractivity contribution is -0.0251. The Morgan fingerprint density at radius 3 is 1.60 bits per heavy atom. The van der Waals surface area contributed by atoms with Gasteiger partial charge in [0, 0.05) is 10.8 Å². The Hall–Kier alpha value is -0.260. The highest BCUT2D eigenvalue weighted by atomic mass is 32.2. The fourth-order valence-electron chi connectivity index (χ4n) is 1.59. The van der Waals surface area contributed by atoms with Crippen molar-refractivity contribution in [3.8, 4) is 0 Å². The van der Waals surface area contributed by atoms with Crippen molar-refractivity contribution in [2.45, 2.75) is 34.1 Å². The maximum absolute atomic E-state index is 11.1. The van der Waals surface area contributed by atoms with Crippen molar-refractivity contribution in [3.63, 3.8) is 0 Å². The van der Waals surface area contributed by atoms with Crippen LogP contribution in [0.1, 0.15) is 34.1 Å². The van der Waals surface area contributed by atoms with Crippen LogP contribution in [0.2, 0.25) is 0 Å². The molecule has 152 valence electrons. The average Bonchev–Trinajstić information content (AvgIpc) is 2.45. The molecule has 0 saturated carbocycles. The van der Waals surface area contributed by atoms with Crippen LogP contribution in [0, 0.1) is 10.8 Å². The van der Waals surface area contributed by atoms with Crippen molar-refractivity contribution in [2.75, 3.05) is 52.2 Å². The van der Waals surface area contributed by atoms with Gasteiger partial charge in [-0.3, -0.25) is 8.37 Å². The third-order valence-corrected chi connectivity index (χ3v) is 4.55. The molecule has 25 heavy (non-hydrogen) atoms. The van der Waals surface area contributed by atoms with Gasteiger partial charge in [-0.05, 0) is 6.42 Å². The van der Waals surface area contributed by atoms with Gasteiger partial charge in [-0.15, -0.1) is 0 Å². The van der Waals surface area contributed by atoms with Crippen molar-refractivity contribution >= 4 is 20.2 Å². The van der Waals surface area contributed by atoms with Gasteiger partial charge in [0.2, 0.25) is 0 Å². The van der Waals surface area contributed by atoms with E-state index in [0.29, 0.717) is 32.8 Å². The van der Waals surface area contributed by atoms with E-state index in [1.165, 1.54) is 0 Å². The molecule has 0 aliphatic carbocycles. The second-order valence-corrected chi connectivity index (χ2v) is 10.7. The number of hydrogen-bond donors (Lipinski definition) is 0. The normalized spacial score (nSPS) is 15.9. The molecule has 0 rings (SSSR count). The summed E-state index contributed by atoms with van der Waals surface area (Å²) in [5.74, 6) is 0. The molecule has 0 aromatic carbocycles. The minimum atomic E-state index is -3.47. The summed E-state index contributed by atoms with van der Waals surface area (Å²) in [5.41, 5.74) is -0.837. The van der Waals surface area contributed by atoms with Crippen LogP contribution in [0.3, 0.4) is 0 Å². The summed E-state index contributed by atoms with van der Waals surface area (Å²) in [6.45, 7) is 9.00. The molecule has 0 aliphatic heterocycles. The molecule has 0 spiro atoms. The van der Waals surface area contributed by atoms with Crippen molar-refractivity contribution in [1.82, 2.24) is 0 Å². The molecule has 0 N–H and O–H groups in total. The van der Waals surface area contributed by atoms with E-state index in [4.69, 9.17) is 17.8 Å². The van der Waals surface area contributed by atoms with Crippen LogP contribution < -0.4 is 0 Å². The summed E-state index contributed by atoms with van der Waals surface area (Å²) in [5, 5.41) is 0. The maximum atomic E-state index is 11.1. The first-order valence-electron chi connectivity index (χ1n) is 8.02. The molecule has 10 heteroatoms. The fraction of sp³-hybridized carbons (Fsp3) is 1.00. The van der Waals surface area contributed by atoms with Gasteiger partial charge < -0.3 is 9.47 Å². The molecule has 0 fully saturated rings. The van der Waals surface area contributed by atoms with Crippen molar-refractivity contribution in [2.24, 2.45) is 10.8 Å². The molecule has 0 amide bonds. The quantitative estimate of drug-likeness (QED) is 0.316. The Bertz CT molecular complexity index is 583. The van der Waals surface area contributed by atoms with Crippen LogP contribution in [0.25, 0.3) is 0 Å². The molecular formula is C15H32O8S2. The zero-order valence-corrected chi connectivity index (χ0v) is 17.7. The molecule has 0 radical (unpaired) electrons. The Kier molecular flexibility index (Phi) is 10.1. The first-order valence-corrected chi connectivity index (χ1v) is 11.7. The zero-order chi connectivity index (χ0) is 19.8. The second kappa shape index (κ2) is 10.2. The van der Waals surface area contributed by atoms with E-state index in [1.807, 2.05) is 27.7 Å². The first-order chi connectivity index (χ1) is 11.2. The van der Waals surface area contributed by atoms with Gasteiger partial charge in [-0.25, -0.2) is 0 Å². The Labute approximate surface area is 152 Å². The molecule has 0 saturated heterocycles. The van der Waals surface area contributed by atoms with Gasteiger partial charge in [-0.2, -0.15) is 16.8 Å². The van der Waals surface area contributed by atoms with Crippen LogP contribution in [0.15, 0.2) is 0 Å². The third kappa shape index (κ3) is 14.6. The molecule has 0 aromatic rings. The van der Waals surface area contributed by atoms with Crippen LogP contribution in [-0.2, 0) is 38.1 Å². The zero-order valence-electron chi connectivity index (χ0n) is 16.0. The fourth-order valence-corrected chi connectivity index (χ4v) is 2.62. The highest BCUT2D eigenvalue weighted by molar-refractivity contribution is 7.86. The standard InChI is InChI=1S/C15H32O8S2/c1-7-15(4,13-23-25(6,18)19)12-21-9-8-20-10-14(2,3)11-22-24(5,16)17/h7-13H2,1-6H3. The maximum Gasteiger partial charge on any atom is 0.264 e. The van der Waals surface area contributed by atoms with E-state index in [1.54, 1.807) is 0 Å². The summed E-state index contributed by atoms with van der Waals surface area (Å²) in [6, 6.07) is 0. The topological polar surface area (TPSA) is 105 Å². The highest BCUT2D eigenvalue weighted by Crippen LogP contribution is 2.22. The minimum absolute atomic E-state index is 0.0451. The van der Waals surface area contributed by atoms with Crippen LogP contribution in [0.5, 0.6) is 0 Å². The Morgan fingerprint density at radius 2 is 1.16 bits per heavy atom. The molecule has 1 unspecified atom stereocenters. The SMILES string of the molecule is CCC(C)(COCCOCC(C)(C)COS(C)(=O)=O)COS(C)(=O)=O. The van der Waals surface area contributed by atoms with Crippen LogP contribution in [0.4, 0.5) is 0 Å². The van der Waals surface area contributed by atoms with E-state index < -0.39 is 31.1 Å². The van der Waals surface area contributed by atoms with Gasteiger partial charge in [0.05, 0.1) is 52.2 Å². The van der Waals surface area contributed by atoms with Crippen molar-refractivity contribution in [3.05, 3.63) is 0 Å². The van der Waals surface area contributed by atoms with Crippen molar-refractivity contribution < 1.29 is 34.7 Å². The van der Waals surface area contributed by atoms with E-state index in [2.05, 4.69) is 0 Å². The average molecular weight is 405 g/mol. The number of ether oxygens (including phenoxy) is 2. The third-order valence-electron chi connectivity index (χ3n) is 3.45. The summed E-state index contributed by atoms with van der Waals surface area (Å²) < 4.78 is 64.9. The number of rotatable bonds is 14.